The average Bonchev–Trinajstić information content (AvgIpc) is 2.23. The van der Waals surface area contributed by atoms with Gasteiger partial charge in [-0.05, 0) is 20.8 Å². The smallest absolute Gasteiger partial charge is 0.403 e. The lowest BCUT2D eigenvalue weighted by Gasteiger charge is -2.20. The molecule has 0 aliphatic heterocycles. The van der Waals surface area contributed by atoms with Gasteiger partial charge in [0.05, 0.1) is 15.5 Å². The van der Waals surface area contributed by atoms with Crippen molar-refractivity contribution in [2.24, 2.45) is 0 Å². The van der Waals surface area contributed by atoms with Gasteiger partial charge in [-0.15, -0.1) is 0 Å². The number of hydrogen-bond donors (Lipinski definition) is 1. The zero-order valence-electron chi connectivity index (χ0n) is 11.7. The molecule has 1 aromatic carbocycles. The van der Waals surface area contributed by atoms with Crippen LogP contribution < -0.4 is 10.1 Å². The Morgan fingerprint density at radius 1 is 1.32 bits per heavy atom. The molecule has 10 heteroatoms. The van der Waals surface area contributed by atoms with Gasteiger partial charge in [0.2, 0.25) is 5.75 Å². The Labute approximate surface area is 128 Å². The minimum atomic E-state index is -4.87. The lowest BCUT2D eigenvalue weighted by atomic mass is 10.1. The number of nitro benzene ring substituents is 1. The Hall–Kier alpha value is -2.03. The maximum absolute atomic E-state index is 12.7. The second kappa shape index (κ2) is 5.99. The van der Waals surface area contributed by atoms with Crippen molar-refractivity contribution in [2.75, 3.05) is 0 Å². The van der Waals surface area contributed by atoms with Gasteiger partial charge in [0, 0.05) is 17.7 Å². The molecule has 0 aliphatic rings. The number of nitrogens with zero attached hydrogens (tertiary/aromatic N) is 1. The van der Waals surface area contributed by atoms with Crippen LogP contribution in [0.15, 0.2) is 12.1 Å². The number of amides is 1. The molecular weight excluding hydrogens is 329 g/mol. The van der Waals surface area contributed by atoms with Gasteiger partial charge in [0.15, 0.2) is 0 Å². The molecule has 0 unspecified atom stereocenters. The summed E-state index contributed by atoms with van der Waals surface area (Å²) in [6.45, 7) is 4.88. The van der Waals surface area contributed by atoms with Gasteiger partial charge in [-0.3, -0.25) is 10.1 Å². The number of alkyl halides is 3. The molecule has 0 heterocycles. The summed E-state index contributed by atoms with van der Waals surface area (Å²) >= 11 is 5.45. The molecule has 0 aromatic heterocycles. The predicted molar refractivity (Wildman–Crippen MR) is 72.0 cm³/mol. The summed E-state index contributed by atoms with van der Waals surface area (Å²) in [5.74, 6) is -0.676. The minimum absolute atomic E-state index is 0.224. The topological polar surface area (TPSA) is 81.5 Å². The molecule has 1 aromatic rings. The van der Waals surface area contributed by atoms with Gasteiger partial charge >= 0.3 is 18.0 Å². The summed E-state index contributed by atoms with van der Waals surface area (Å²) in [4.78, 5) is 21.3. The number of benzene rings is 1. The third-order valence-corrected chi connectivity index (χ3v) is 2.54. The summed E-state index contributed by atoms with van der Waals surface area (Å²) in [5.41, 5.74) is -3.09. The molecule has 0 bridgehead atoms. The van der Waals surface area contributed by atoms with E-state index in [0.29, 0.717) is 6.07 Å². The fourth-order valence-corrected chi connectivity index (χ4v) is 1.68. The van der Waals surface area contributed by atoms with Crippen molar-refractivity contribution >= 4 is 23.4 Å². The quantitative estimate of drug-likeness (QED) is 0.647. The number of ether oxygens (including phenoxy) is 1. The molecule has 1 rings (SSSR count). The van der Waals surface area contributed by atoms with E-state index in [9.17, 15) is 28.1 Å². The van der Waals surface area contributed by atoms with E-state index in [4.69, 9.17) is 11.6 Å². The van der Waals surface area contributed by atoms with Crippen LogP contribution in [0.25, 0.3) is 0 Å². The van der Waals surface area contributed by atoms with E-state index in [0.717, 1.165) is 0 Å². The van der Waals surface area contributed by atoms with E-state index in [-0.39, 0.29) is 6.07 Å². The Morgan fingerprint density at radius 2 is 1.86 bits per heavy atom. The molecule has 0 fully saturated rings. The molecule has 0 atom stereocenters. The van der Waals surface area contributed by atoms with Crippen LogP contribution in [-0.2, 0) is 6.18 Å². The Bertz CT molecular complexity index is 612. The van der Waals surface area contributed by atoms with Crippen molar-refractivity contribution in [3.8, 4) is 5.75 Å². The monoisotopic (exact) mass is 340 g/mol. The predicted octanol–water partition coefficient (Wildman–Crippen LogP) is 4.15. The first-order chi connectivity index (χ1) is 9.81. The number of hydrogen-bond acceptors (Lipinski definition) is 4. The third kappa shape index (κ3) is 4.76. The Kier molecular flexibility index (Phi) is 4.91. The average molecular weight is 341 g/mol. The second-order valence-electron chi connectivity index (χ2n) is 5.32. The zero-order chi connectivity index (χ0) is 17.3. The molecule has 22 heavy (non-hydrogen) atoms. The largest absolute Gasteiger partial charge is 0.418 e. The van der Waals surface area contributed by atoms with Crippen LogP contribution in [0.5, 0.6) is 5.75 Å². The first kappa shape index (κ1) is 18.0. The van der Waals surface area contributed by atoms with Crippen molar-refractivity contribution in [1.29, 1.82) is 0 Å². The van der Waals surface area contributed by atoms with Gasteiger partial charge in [0.1, 0.15) is 0 Å². The van der Waals surface area contributed by atoms with E-state index in [1.807, 2.05) is 0 Å². The van der Waals surface area contributed by atoms with Crippen molar-refractivity contribution in [2.45, 2.75) is 32.5 Å². The highest BCUT2D eigenvalue weighted by Gasteiger charge is 2.37. The molecule has 0 saturated heterocycles. The molecule has 1 amide bonds. The van der Waals surface area contributed by atoms with Gasteiger partial charge in [0.25, 0.3) is 0 Å². The van der Waals surface area contributed by atoms with Crippen LogP contribution in [0, 0.1) is 10.1 Å². The lowest BCUT2D eigenvalue weighted by molar-refractivity contribution is -0.385. The Balaban J connectivity index is 3.23. The normalized spacial score (nSPS) is 12.0. The molecule has 0 spiro atoms. The second-order valence-corrected chi connectivity index (χ2v) is 5.73. The molecular formula is C12H12ClF3N2O4. The SMILES string of the molecule is CC(C)(C)NC(=O)Oc1cc(Cl)c(C(F)(F)F)cc1[N+](=O)[O-]. The summed E-state index contributed by atoms with van der Waals surface area (Å²) in [5, 5.41) is 12.4. The van der Waals surface area contributed by atoms with Crippen LogP contribution >= 0.6 is 11.6 Å². The number of carbonyl (C=O) groups is 1. The van der Waals surface area contributed by atoms with Crippen LogP contribution in [0.3, 0.4) is 0 Å². The minimum Gasteiger partial charge on any atom is -0.403 e. The maximum Gasteiger partial charge on any atom is 0.418 e. The van der Waals surface area contributed by atoms with Gasteiger partial charge in [-0.2, -0.15) is 13.2 Å². The van der Waals surface area contributed by atoms with E-state index < -0.39 is 44.8 Å². The highest BCUT2D eigenvalue weighted by Crippen LogP contribution is 2.41. The van der Waals surface area contributed by atoms with E-state index in [1.165, 1.54) is 0 Å². The highest BCUT2D eigenvalue weighted by atomic mass is 35.5. The van der Waals surface area contributed by atoms with E-state index in [2.05, 4.69) is 10.1 Å². The summed E-state index contributed by atoms with van der Waals surface area (Å²) in [7, 11) is 0. The van der Waals surface area contributed by atoms with Crippen LogP contribution in [0.1, 0.15) is 26.3 Å². The van der Waals surface area contributed by atoms with Gasteiger partial charge in [-0.25, -0.2) is 4.79 Å². The fourth-order valence-electron chi connectivity index (χ4n) is 1.42. The summed E-state index contributed by atoms with van der Waals surface area (Å²) in [6.07, 6.45) is -5.92. The van der Waals surface area contributed by atoms with Crippen molar-refractivity contribution in [1.82, 2.24) is 5.32 Å². The zero-order valence-corrected chi connectivity index (χ0v) is 12.5. The molecule has 0 saturated carbocycles. The summed E-state index contributed by atoms with van der Waals surface area (Å²) in [6, 6.07) is 0.812. The molecule has 0 radical (unpaired) electrons. The highest BCUT2D eigenvalue weighted by molar-refractivity contribution is 6.31. The third-order valence-electron chi connectivity index (χ3n) is 2.23. The van der Waals surface area contributed by atoms with Gasteiger partial charge in [-0.1, -0.05) is 11.6 Å². The first-order valence-electron chi connectivity index (χ1n) is 5.86. The van der Waals surface area contributed by atoms with Crippen LogP contribution in [0.4, 0.5) is 23.7 Å². The Morgan fingerprint density at radius 3 is 2.27 bits per heavy atom. The summed E-state index contributed by atoms with van der Waals surface area (Å²) < 4.78 is 42.7. The van der Waals surface area contributed by atoms with E-state index in [1.54, 1.807) is 20.8 Å². The number of nitrogens with one attached hydrogen (secondary N) is 1. The van der Waals surface area contributed by atoms with Crippen molar-refractivity contribution in [3.05, 3.63) is 32.8 Å². The number of nitro groups is 1. The van der Waals surface area contributed by atoms with Crippen molar-refractivity contribution in [3.63, 3.8) is 0 Å². The maximum atomic E-state index is 12.7. The molecule has 122 valence electrons. The van der Waals surface area contributed by atoms with E-state index >= 15 is 0 Å². The number of carbonyl (C=O) groups excluding carboxylic acids is 1. The standard InChI is InChI=1S/C12H12ClF3N2O4/c1-11(2,3)17-10(19)22-9-5-7(13)6(12(14,15)16)4-8(9)18(20)21/h4-5H,1-3H3,(H,17,19). The molecule has 1 N–H and O–H groups in total. The van der Waals surface area contributed by atoms with Crippen molar-refractivity contribution < 1.29 is 27.6 Å². The number of rotatable bonds is 2. The van der Waals surface area contributed by atoms with Crippen LogP contribution in [-0.4, -0.2) is 16.6 Å². The number of halogens is 4. The van der Waals surface area contributed by atoms with Crippen LogP contribution in [0.2, 0.25) is 5.02 Å². The lowest BCUT2D eigenvalue weighted by Crippen LogP contribution is -2.42. The molecule has 0 aliphatic carbocycles. The fraction of sp³-hybridized carbons (Fsp3) is 0.417. The first-order valence-corrected chi connectivity index (χ1v) is 6.24. The molecule has 6 nitrogen and oxygen atoms in total. The van der Waals surface area contributed by atoms with Gasteiger partial charge < -0.3 is 10.1 Å².